The first kappa shape index (κ1) is 24.0. The number of aromatic nitrogens is 1. The van der Waals surface area contributed by atoms with Crippen molar-refractivity contribution in [2.75, 3.05) is 26.2 Å². The number of nitrogens with zero attached hydrogens (tertiary/aromatic N) is 3. The molecule has 0 saturated carbocycles. The normalized spacial score (nSPS) is 18.6. The Bertz CT molecular complexity index is 1260. The van der Waals surface area contributed by atoms with Crippen molar-refractivity contribution in [3.05, 3.63) is 66.4 Å². The highest BCUT2D eigenvalue weighted by molar-refractivity contribution is 7.89. The molecule has 0 atom stereocenters. The van der Waals surface area contributed by atoms with Crippen molar-refractivity contribution in [3.8, 4) is 0 Å². The molecule has 0 unspecified atom stereocenters. The molecule has 0 aliphatic carbocycles. The monoisotopic (exact) mass is 494 g/mol. The molecule has 35 heavy (non-hydrogen) atoms. The molecule has 5 rings (SSSR count). The van der Waals surface area contributed by atoms with E-state index in [-0.39, 0.29) is 18.5 Å². The van der Waals surface area contributed by atoms with Crippen LogP contribution in [0.1, 0.15) is 37.7 Å². The number of carbonyl (C=O) groups is 1. The van der Waals surface area contributed by atoms with E-state index in [2.05, 4.69) is 34.5 Å². The summed E-state index contributed by atoms with van der Waals surface area (Å²) in [5.41, 5.74) is 2.19. The molecular formula is C27H34N4O3S. The molecular weight excluding hydrogens is 460 g/mol. The van der Waals surface area contributed by atoms with E-state index in [1.807, 2.05) is 29.0 Å². The first-order valence-corrected chi connectivity index (χ1v) is 14.1. The van der Waals surface area contributed by atoms with Crippen LogP contribution in [-0.2, 0) is 27.9 Å². The summed E-state index contributed by atoms with van der Waals surface area (Å²) in [6, 6.07) is 17.8. The van der Waals surface area contributed by atoms with Crippen LogP contribution in [0.4, 0.5) is 0 Å². The zero-order valence-electron chi connectivity index (χ0n) is 20.1. The van der Waals surface area contributed by atoms with E-state index >= 15 is 0 Å². The van der Waals surface area contributed by atoms with Crippen LogP contribution in [0.3, 0.4) is 0 Å². The van der Waals surface area contributed by atoms with Crippen LogP contribution in [0.2, 0.25) is 0 Å². The van der Waals surface area contributed by atoms with Gasteiger partial charge >= 0.3 is 0 Å². The average Bonchev–Trinajstić information content (AvgIpc) is 3.28. The van der Waals surface area contributed by atoms with Crippen molar-refractivity contribution in [1.82, 2.24) is 19.1 Å². The maximum absolute atomic E-state index is 13.0. The Hall–Kier alpha value is -2.68. The fourth-order valence-electron chi connectivity index (χ4n) is 5.24. The molecule has 7 nitrogen and oxygen atoms in total. The lowest BCUT2D eigenvalue weighted by atomic mass is 10.0. The smallest absolute Gasteiger partial charge is 0.243 e. The highest BCUT2D eigenvalue weighted by atomic mass is 32.2. The zero-order chi connectivity index (χ0) is 24.3. The molecule has 2 aliphatic heterocycles. The van der Waals surface area contributed by atoms with E-state index in [1.165, 1.54) is 5.56 Å². The number of piperidine rings is 2. The van der Waals surface area contributed by atoms with Gasteiger partial charge < -0.3 is 9.88 Å². The van der Waals surface area contributed by atoms with Gasteiger partial charge in [-0.05, 0) is 55.5 Å². The van der Waals surface area contributed by atoms with Crippen LogP contribution < -0.4 is 5.32 Å². The summed E-state index contributed by atoms with van der Waals surface area (Å²) < 4.78 is 29.5. The number of hydrogen-bond acceptors (Lipinski definition) is 4. The quantitative estimate of drug-likeness (QED) is 0.545. The van der Waals surface area contributed by atoms with E-state index in [0.717, 1.165) is 62.6 Å². The number of likely N-dealkylation sites (tertiary alicyclic amines) is 1. The Morgan fingerprint density at radius 3 is 2.40 bits per heavy atom. The number of sulfonamides is 1. The summed E-state index contributed by atoms with van der Waals surface area (Å²) in [7, 11) is -3.47. The van der Waals surface area contributed by atoms with E-state index < -0.39 is 10.0 Å². The van der Waals surface area contributed by atoms with Crippen LogP contribution in [0, 0.1) is 0 Å². The molecule has 1 N–H and O–H groups in total. The zero-order valence-corrected chi connectivity index (χ0v) is 20.9. The minimum Gasteiger partial charge on any atom is -0.352 e. The lowest BCUT2D eigenvalue weighted by Gasteiger charge is -2.32. The second-order valence-electron chi connectivity index (χ2n) is 9.73. The predicted molar refractivity (Wildman–Crippen MR) is 137 cm³/mol. The minimum atomic E-state index is -3.47. The first-order valence-electron chi connectivity index (χ1n) is 12.6. The number of hydrogen-bond donors (Lipinski definition) is 1. The first-order chi connectivity index (χ1) is 17.0. The maximum atomic E-state index is 13.0. The molecule has 2 aliphatic rings. The van der Waals surface area contributed by atoms with E-state index in [0.29, 0.717) is 18.0 Å². The van der Waals surface area contributed by atoms with Gasteiger partial charge in [0.05, 0.1) is 4.90 Å². The van der Waals surface area contributed by atoms with Crippen molar-refractivity contribution in [1.29, 1.82) is 0 Å². The Morgan fingerprint density at radius 2 is 1.66 bits per heavy atom. The Balaban J connectivity index is 1.17. The molecule has 0 radical (unpaired) electrons. The third-order valence-corrected chi connectivity index (χ3v) is 9.11. The van der Waals surface area contributed by atoms with Gasteiger partial charge in [0.1, 0.15) is 6.54 Å². The molecule has 1 aromatic heterocycles. The Labute approximate surface area is 207 Å². The number of fused-ring (bicyclic) bond motifs is 1. The van der Waals surface area contributed by atoms with Gasteiger partial charge in [-0.3, -0.25) is 9.69 Å². The average molecular weight is 495 g/mol. The molecule has 3 heterocycles. The van der Waals surface area contributed by atoms with Gasteiger partial charge in [-0.25, -0.2) is 8.42 Å². The van der Waals surface area contributed by atoms with Gasteiger partial charge in [-0.2, -0.15) is 4.31 Å². The number of carbonyl (C=O) groups excluding carboxylic acids is 1. The van der Waals surface area contributed by atoms with Gasteiger partial charge in [0.15, 0.2) is 0 Å². The van der Waals surface area contributed by atoms with Crippen molar-refractivity contribution >= 4 is 26.8 Å². The summed E-state index contributed by atoms with van der Waals surface area (Å²) in [6.07, 6.45) is 6.68. The number of amides is 1. The summed E-state index contributed by atoms with van der Waals surface area (Å²) >= 11 is 0. The van der Waals surface area contributed by atoms with Crippen molar-refractivity contribution in [3.63, 3.8) is 0 Å². The molecule has 1 amide bonds. The lowest BCUT2D eigenvalue weighted by Crippen LogP contribution is -2.45. The van der Waals surface area contributed by atoms with Gasteiger partial charge in [0, 0.05) is 55.9 Å². The Kier molecular flexibility index (Phi) is 7.22. The topological polar surface area (TPSA) is 74.6 Å². The molecule has 2 aromatic carbocycles. The molecule has 3 aromatic rings. The van der Waals surface area contributed by atoms with Crippen LogP contribution >= 0.6 is 0 Å². The van der Waals surface area contributed by atoms with Gasteiger partial charge in [-0.15, -0.1) is 0 Å². The Morgan fingerprint density at radius 1 is 0.914 bits per heavy atom. The van der Waals surface area contributed by atoms with Crippen molar-refractivity contribution < 1.29 is 13.2 Å². The molecule has 2 saturated heterocycles. The van der Waals surface area contributed by atoms with E-state index in [9.17, 15) is 13.2 Å². The number of rotatable bonds is 7. The summed E-state index contributed by atoms with van der Waals surface area (Å²) in [5.74, 6) is -0.00553. The molecule has 186 valence electrons. The van der Waals surface area contributed by atoms with Gasteiger partial charge in [-0.1, -0.05) is 36.8 Å². The minimum absolute atomic E-state index is 0.00553. The fraction of sp³-hybridized carbons (Fsp3) is 0.444. The second kappa shape index (κ2) is 10.5. The third-order valence-electron chi connectivity index (χ3n) is 7.21. The molecule has 8 heteroatoms. The number of benzene rings is 2. The highest BCUT2D eigenvalue weighted by Gasteiger charge is 2.26. The summed E-state index contributed by atoms with van der Waals surface area (Å²) in [5, 5.41) is 4.03. The molecule has 2 fully saturated rings. The third kappa shape index (κ3) is 5.60. The SMILES string of the molecule is O=C(Cn1ccc2cc(S(=O)(=O)N3CCCCC3)ccc21)NC1CCN(Cc2ccccc2)CC1. The van der Waals surface area contributed by atoms with Crippen molar-refractivity contribution in [2.24, 2.45) is 0 Å². The second-order valence-corrected chi connectivity index (χ2v) is 11.7. The van der Waals surface area contributed by atoms with E-state index in [1.54, 1.807) is 16.4 Å². The molecule has 0 spiro atoms. The number of nitrogens with one attached hydrogen (secondary N) is 1. The standard InChI is InChI=1S/C27H34N4O3S/c32-27(28-24-12-16-29(17-13-24)20-22-7-3-1-4-8-22)21-30-18-11-23-19-25(9-10-26(23)30)35(33,34)31-14-5-2-6-15-31/h1,3-4,7-11,18-19,24H,2,5-6,12-17,20-21H2,(H,28,32). The van der Waals surface area contributed by atoms with Crippen LogP contribution in [0.25, 0.3) is 10.9 Å². The highest BCUT2D eigenvalue weighted by Crippen LogP contribution is 2.25. The maximum Gasteiger partial charge on any atom is 0.243 e. The predicted octanol–water partition coefficient (Wildman–Crippen LogP) is 3.60. The van der Waals surface area contributed by atoms with Crippen LogP contribution in [0.15, 0.2) is 65.7 Å². The summed E-state index contributed by atoms with van der Waals surface area (Å²) in [4.78, 5) is 15.5. The largest absolute Gasteiger partial charge is 0.352 e. The fourth-order valence-corrected chi connectivity index (χ4v) is 6.79. The van der Waals surface area contributed by atoms with Crippen LogP contribution in [0.5, 0.6) is 0 Å². The van der Waals surface area contributed by atoms with Crippen molar-refractivity contribution in [2.45, 2.75) is 56.1 Å². The van der Waals surface area contributed by atoms with Crippen LogP contribution in [-0.4, -0.2) is 60.3 Å². The van der Waals surface area contributed by atoms with E-state index in [4.69, 9.17) is 0 Å². The van der Waals surface area contributed by atoms with Gasteiger partial charge in [0.25, 0.3) is 0 Å². The molecule has 0 bridgehead atoms. The summed E-state index contributed by atoms with van der Waals surface area (Å²) in [6.45, 7) is 4.30. The van der Waals surface area contributed by atoms with Gasteiger partial charge in [0.2, 0.25) is 15.9 Å². The lowest BCUT2D eigenvalue weighted by molar-refractivity contribution is -0.122.